The third-order valence-electron chi connectivity index (χ3n) is 6.75. The number of halogens is 2. The molecule has 4 aromatic rings. The lowest BCUT2D eigenvalue weighted by Crippen LogP contribution is -2.37. The van der Waals surface area contributed by atoms with Crippen molar-refractivity contribution in [1.82, 2.24) is 0 Å². The molecule has 3 atom stereocenters. The first kappa shape index (κ1) is 26.3. The van der Waals surface area contributed by atoms with Gasteiger partial charge in [-0.1, -0.05) is 71.7 Å². The van der Waals surface area contributed by atoms with E-state index in [1.54, 1.807) is 41.5 Å². The van der Waals surface area contributed by atoms with Crippen molar-refractivity contribution in [2.45, 2.75) is 17.0 Å². The van der Waals surface area contributed by atoms with Gasteiger partial charge in [-0.15, -0.1) is 0 Å². The Bertz CT molecular complexity index is 1700. The average molecular weight is 595 g/mol. The Hall–Kier alpha value is -3.89. The first-order chi connectivity index (χ1) is 19.2. The van der Waals surface area contributed by atoms with Gasteiger partial charge in [0, 0.05) is 0 Å². The highest BCUT2D eigenvalue weighted by Crippen LogP contribution is 2.48. The molecular formula is C29H20Cl2N2O6S. The molecule has 0 radical (unpaired) electrons. The van der Waals surface area contributed by atoms with E-state index >= 15 is 0 Å². The maximum Gasteiger partial charge on any atom is 0.339 e. The number of rotatable bonds is 6. The van der Waals surface area contributed by atoms with Crippen molar-refractivity contribution >= 4 is 56.5 Å². The van der Waals surface area contributed by atoms with Gasteiger partial charge in [0.15, 0.2) is 6.10 Å². The van der Waals surface area contributed by atoms with Gasteiger partial charge in [-0.2, -0.15) is 8.42 Å². The molecule has 4 aromatic carbocycles. The van der Waals surface area contributed by atoms with Gasteiger partial charge < -0.3 is 4.18 Å². The number of para-hydroxylation sites is 1. The number of fused-ring (bicyclic) bond motifs is 1. The summed E-state index contributed by atoms with van der Waals surface area (Å²) in [6.07, 6.45) is -1.08. The van der Waals surface area contributed by atoms with E-state index in [2.05, 4.69) is 0 Å². The Morgan fingerprint density at radius 1 is 0.725 bits per heavy atom. The van der Waals surface area contributed by atoms with Crippen molar-refractivity contribution < 1.29 is 27.0 Å². The lowest BCUT2D eigenvalue weighted by molar-refractivity contribution is -0.126. The van der Waals surface area contributed by atoms with E-state index in [1.807, 2.05) is 30.3 Å². The third-order valence-corrected chi connectivity index (χ3v) is 8.75. The highest BCUT2D eigenvalue weighted by Gasteiger charge is 2.60. The number of hydroxylamine groups is 1. The molecule has 202 valence electrons. The fourth-order valence-corrected chi connectivity index (χ4v) is 6.16. The minimum atomic E-state index is -4.03. The molecule has 2 saturated heterocycles. The number of imide groups is 1. The van der Waals surface area contributed by atoms with Gasteiger partial charge in [-0.05, 0) is 60.2 Å². The second kappa shape index (κ2) is 10.3. The monoisotopic (exact) mass is 594 g/mol. The predicted molar refractivity (Wildman–Crippen MR) is 150 cm³/mol. The Balaban J connectivity index is 1.35. The van der Waals surface area contributed by atoms with Gasteiger partial charge in [0.2, 0.25) is 5.91 Å². The maximum atomic E-state index is 13.8. The summed E-state index contributed by atoms with van der Waals surface area (Å²) in [7, 11) is -4.03. The zero-order valence-electron chi connectivity index (χ0n) is 20.6. The van der Waals surface area contributed by atoms with Gasteiger partial charge in [0.25, 0.3) is 5.91 Å². The molecule has 11 heteroatoms. The smallest absolute Gasteiger partial charge is 0.339 e. The fraction of sp³-hybridized carbons (Fsp3) is 0.103. The van der Waals surface area contributed by atoms with E-state index in [9.17, 15) is 18.0 Å². The van der Waals surface area contributed by atoms with Crippen LogP contribution in [0.25, 0.3) is 0 Å². The summed E-state index contributed by atoms with van der Waals surface area (Å²) < 4.78 is 30.6. The predicted octanol–water partition coefficient (Wildman–Crippen LogP) is 5.81. The molecule has 0 spiro atoms. The zero-order chi connectivity index (χ0) is 28.0. The van der Waals surface area contributed by atoms with Gasteiger partial charge in [0.05, 0.1) is 27.5 Å². The van der Waals surface area contributed by atoms with Gasteiger partial charge >= 0.3 is 10.1 Å². The largest absolute Gasteiger partial charge is 0.379 e. The number of anilines is 2. The molecule has 2 aliphatic rings. The summed E-state index contributed by atoms with van der Waals surface area (Å²) in [5, 5.41) is 2.06. The number of carbonyl (C=O) groups excluding carboxylic acids is 2. The Morgan fingerprint density at radius 3 is 2.02 bits per heavy atom. The molecule has 40 heavy (non-hydrogen) atoms. The number of hydrogen-bond acceptors (Lipinski definition) is 7. The van der Waals surface area contributed by atoms with Crippen LogP contribution in [-0.2, 0) is 24.5 Å². The van der Waals surface area contributed by atoms with E-state index in [0.29, 0.717) is 22.0 Å². The van der Waals surface area contributed by atoms with E-state index in [0.717, 1.165) is 4.90 Å². The standard InChI is InChI=1S/C29H20Cl2N2O6S/c30-23-16-13-20(17-24(23)31)32-28(34)25-26(33(38-27(25)29(32)35)19-7-3-1-4-8-19)18-11-14-21(15-12-18)39-40(36,37)22-9-5-2-6-10-22/h1-17,25-27H. The molecule has 6 rings (SSSR count). The molecule has 2 heterocycles. The molecular weight excluding hydrogens is 575 g/mol. The van der Waals surface area contributed by atoms with Crippen LogP contribution in [0.3, 0.4) is 0 Å². The minimum Gasteiger partial charge on any atom is -0.379 e. The molecule has 0 bridgehead atoms. The molecule has 0 N–H and O–H groups in total. The highest BCUT2D eigenvalue weighted by atomic mass is 35.5. The van der Waals surface area contributed by atoms with Crippen molar-refractivity contribution in [2.24, 2.45) is 5.92 Å². The normalized spacial score (nSPS) is 20.6. The second-order valence-corrected chi connectivity index (χ2v) is 11.5. The van der Waals surface area contributed by atoms with Gasteiger partial charge in [-0.3, -0.25) is 14.4 Å². The van der Waals surface area contributed by atoms with Gasteiger partial charge in [-0.25, -0.2) is 9.96 Å². The zero-order valence-corrected chi connectivity index (χ0v) is 22.9. The first-order valence-electron chi connectivity index (χ1n) is 12.2. The SMILES string of the molecule is O=C1C2ON(c3ccccc3)C(c3ccc(OS(=O)(=O)c4ccccc4)cc3)C2C(=O)N1c1ccc(Cl)c(Cl)c1. The summed E-state index contributed by atoms with van der Waals surface area (Å²) in [5.74, 6) is -1.77. The number of carbonyl (C=O) groups is 2. The van der Waals surface area contributed by atoms with Crippen molar-refractivity contribution in [1.29, 1.82) is 0 Å². The summed E-state index contributed by atoms with van der Waals surface area (Å²) in [6, 6.07) is 27.1. The van der Waals surface area contributed by atoms with E-state index in [4.69, 9.17) is 32.2 Å². The quantitative estimate of drug-likeness (QED) is 0.205. The van der Waals surface area contributed by atoms with E-state index < -0.39 is 40.0 Å². The van der Waals surface area contributed by atoms with E-state index in [1.165, 1.54) is 36.4 Å². The van der Waals surface area contributed by atoms with Crippen LogP contribution in [0.2, 0.25) is 10.0 Å². The van der Waals surface area contributed by atoms with Crippen LogP contribution in [0.5, 0.6) is 5.75 Å². The second-order valence-electron chi connectivity index (χ2n) is 9.19. The van der Waals surface area contributed by atoms with Crippen LogP contribution in [-0.4, -0.2) is 26.3 Å². The van der Waals surface area contributed by atoms with Crippen molar-refractivity contribution in [3.63, 3.8) is 0 Å². The number of amides is 2. The Labute approximate surface area is 240 Å². The third kappa shape index (κ3) is 4.61. The molecule has 8 nitrogen and oxygen atoms in total. The lowest BCUT2D eigenvalue weighted by atomic mass is 9.90. The lowest BCUT2D eigenvalue weighted by Gasteiger charge is -2.29. The number of benzene rings is 4. The van der Waals surface area contributed by atoms with E-state index in [-0.39, 0.29) is 15.7 Å². The summed E-state index contributed by atoms with van der Waals surface area (Å²) in [4.78, 5) is 34.5. The number of hydrogen-bond donors (Lipinski definition) is 0. The van der Waals surface area contributed by atoms with Crippen LogP contribution < -0.4 is 14.1 Å². The molecule has 2 fully saturated rings. The summed E-state index contributed by atoms with van der Waals surface area (Å²) >= 11 is 12.2. The molecule has 2 aliphatic heterocycles. The molecule has 2 amide bonds. The van der Waals surface area contributed by atoms with Gasteiger partial charge in [0.1, 0.15) is 16.6 Å². The first-order valence-corrected chi connectivity index (χ1v) is 14.3. The van der Waals surface area contributed by atoms with Crippen LogP contribution in [0.1, 0.15) is 11.6 Å². The maximum absolute atomic E-state index is 13.8. The van der Waals surface area contributed by atoms with Crippen molar-refractivity contribution in [3.8, 4) is 5.75 Å². The fourth-order valence-electron chi connectivity index (χ4n) is 4.91. The van der Waals surface area contributed by atoms with Crippen LogP contribution in [0, 0.1) is 5.92 Å². The highest BCUT2D eigenvalue weighted by molar-refractivity contribution is 7.87. The Morgan fingerprint density at radius 2 is 1.38 bits per heavy atom. The van der Waals surface area contributed by atoms with Crippen molar-refractivity contribution in [2.75, 3.05) is 9.96 Å². The molecule has 0 aromatic heterocycles. The summed E-state index contributed by atoms with van der Waals surface area (Å²) in [6.45, 7) is 0. The topological polar surface area (TPSA) is 93.2 Å². The molecule has 3 unspecified atom stereocenters. The molecule has 0 saturated carbocycles. The summed E-state index contributed by atoms with van der Waals surface area (Å²) in [5.41, 5.74) is 1.57. The minimum absolute atomic E-state index is 0.0267. The Kier molecular flexibility index (Phi) is 6.75. The average Bonchev–Trinajstić information content (AvgIpc) is 3.47. The van der Waals surface area contributed by atoms with Crippen LogP contribution >= 0.6 is 23.2 Å². The van der Waals surface area contributed by atoms with Crippen molar-refractivity contribution in [3.05, 3.63) is 119 Å². The van der Waals surface area contributed by atoms with Crippen LogP contribution in [0.15, 0.2) is 108 Å². The number of nitrogens with zero attached hydrogens (tertiary/aromatic N) is 2. The molecule has 0 aliphatic carbocycles. The van der Waals surface area contributed by atoms with Crippen LogP contribution in [0.4, 0.5) is 11.4 Å².